The Morgan fingerprint density at radius 1 is 1.67 bits per heavy atom. The molecule has 66 valence electrons. The first-order valence-corrected chi connectivity index (χ1v) is 3.62. The van der Waals surface area contributed by atoms with Crippen molar-refractivity contribution in [3.05, 3.63) is 17.5 Å². The van der Waals surface area contributed by atoms with Crippen LogP contribution in [-0.2, 0) is 6.54 Å². The first kappa shape index (κ1) is 8.80. The molecular formula is C8H12N2O2. The third-order valence-electron chi connectivity index (χ3n) is 1.73. The Balaban J connectivity index is 3.25. The molecule has 0 aromatic carbocycles. The number of aryl methyl sites for hydroxylation is 1. The van der Waals surface area contributed by atoms with E-state index in [0.29, 0.717) is 17.0 Å². The summed E-state index contributed by atoms with van der Waals surface area (Å²) in [5, 5.41) is 9.49. The lowest BCUT2D eigenvalue weighted by Crippen LogP contribution is -2.02. The highest BCUT2D eigenvalue weighted by Gasteiger charge is 2.09. The number of pyridine rings is 1. The van der Waals surface area contributed by atoms with Gasteiger partial charge in [0.1, 0.15) is 11.5 Å². The Kier molecular flexibility index (Phi) is 2.50. The fourth-order valence-corrected chi connectivity index (χ4v) is 1.00. The summed E-state index contributed by atoms with van der Waals surface area (Å²) in [6.07, 6.45) is 1.55. The summed E-state index contributed by atoms with van der Waals surface area (Å²) in [5.74, 6) is 0.650. The van der Waals surface area contributed by atoms with Gasteiger partial charge in [-0.2, -0.15) is 0 Å². The van der Waals surface area contributed by atoms with Gasteiger partial charge in [-0.05, 0) is 6.92 Å². The second-order valence-corrected chi connectivity index (χ2v) is 2.44. The van der Waals surface area contributed by atoms with Crippen LogP contribution in [0.25, 0.3) is 0 Å². The summed E-state index contributed by atoms with van der Waals surface area (Å²) >= 11 is 0. The van der Waals surface area contributed by atoms with Gasteiger partial charge in [-0.3, -0.25) is 4.98 Å². The second-order valence-electron chi connectivity index (χ2n) is 2.44. The van der Waals surface area contributed by atoms with E-state index in [-0.39, 0.29) is 12.3 Å². The van der Waals surface area contributed by atoms with E-state index < -0.39 is 0 Å². The molecule has 0 saturated heterocycles. The topological polar surface area (TPSA) is 68.4 Å². The standard InChI is InChI=1S/C8H12N2O2/c1-5-8(11)6(3-9)7(12-2)4-10-5/h4,11H,3,9H2,1-2H3. The lowest BCUT2D eigenvalue weighted by Gasteiger charge is -2.08. The van der Waals surface area contributed by atoms with Gasteiger partial charge in [-0.15, -0.1) is 0 Å². The average molecular weight is 168 g/mol. The minimum atomic E-state index is 0.122. The van der Waals surface area contributed by atoms with Gasteiger partial charge in [0.05, 0.1) is 24.6 Å². The highest BCUT2D eigenvalue weighted by Crippen LogP contribution is 2.27. The molecule has 1 heterocycles. The summed E-state index contributed by atoms with van der Waals surface area (Å²) in [7, 11) is 1.52. The van der Waals surface area contributed by atoms with Crippen molar-refractivity contribution in [3.63, 3.8) is 0 Å². The number of nitrogens with two attached hydrogens (primary N) is 1. The summed E-state index contributed by atoms with van der Waals surface area (Å²) in [6, 6.07) is 0. The largest absolute Gasteiger partial charge is 0.506 e. The number of hydrogen-bond donors (Lipinski definition) is 2. The van der Waals surface area contributed by atoms with Crippen LogP contribution in [0, 0.1) is 6.92 Å². The van der Waals surface area contributed by atoms with Crippen molar-refractivity contribution in [3.8, 4) is 11.5 Å². The lowest BCUT2D eigenvalue weighted by molar-refractivity contribution is 0.395. The molecule has 0 bridgehead atoms. The molecule has 12 heavy (non-hydrogen) atoms. The predicted octanol–water partition coefficient (Wildman–Crippen LogP) is 0.563. The molecule has 0 aliphatic heterocycles. The average Bonchev–Trinajstić information content (AvgIpc) is 2.09. The summed E-state index contributed by atoms with van der Waals surface area (Å²) in [5.41, 5.74) is 6.60. The van der Waals surface area contributed by atoms with Gasteiger partial charge in [-0.25, -0.2) is 0 Å². The molecule has 0 spiro atoms. The quantitative estimate of drug-likeness (QED) is 0.677. The van der Waals surface area contributed by atoms with E-state index in [4.69, 9.17) is 10.5 Å². The zero-order chi connectivity index (χ0) is 9.14. The van der Waals surface area contributed by atoms with E-state index in [1.165, 1.54) is 7.11 Å². The monoisotopic (exact) mass is 168 g/mol. The van der Waals surface area contributed by atoms with Crippen LogP contribution in [0.5, 0.6) is 11.5 Å². The van der Waals surface area contributed by atoms with Crippen molar-refractivity contribution < 1.29 is 9.84 Å². The third-order valence-corrected chi connectivity index (χ3v) is 1.73. The number of rotatable bonds is 2. The van der Waals surface area contributed by atoms with Crippen molar-refractivity contribution in [2.75, 3.05) is 7.11 Å². The summed E-state index contributed by atoms with van der Waals surface area (Å²) in [6.45, 7) is 1.96. The summed E-state index contributed by atoms with van der Waals surface area (Å²) in [4.78, 5) is 3.93. The zero-order valence-electron chi connectivity index (χ0n) is 7.16. The maximum absolute atomic E-state index is 9.49. The molecule has 0 aliphatic rings. The van der Waals surface area contributed by atoms with Crippen LogP contribution in [0.1, 0.15) is 11.3 Å². The molecule has 3 N–H and O–H groups in total. The van der Waals surface area contributed by atoms with Crippen LogP contribution in [0.3, 0.4) is 0 Å². The number of ether oxygens (including phenoxy) is 1. The fourth-order valence-electron chi connectivity index (χ4n) is 1.00. The Morgan fingerprint density at radius 3 is 2.83 bits per heavy atom. The van der Waals surface area contributed by atoms with Crippen molar-refractivity contribution in [2.24, 2.45) is 5.73 Å². The number of hydrogen-bond acceptors (Lipinski definition) is 4. The molecule has 0 amide bonds. The van der Waals surface area contributed by atoms with Gasteiger partial charge in [0.25, 0.3) is 0 Å². The molecule has 0 aliphatic carbocycles. The van der Waals surface area contributed by atoms with E-state index in [0.717, 1.165) is 0 Å². The van der Waals surface area contributed by atoms with Crippen LogP contribution < -0.4 is 10.5 Å². The third kappa shape index (κ3) is 1.33. The highest BCUT2D eigenvalue weighted by atomic mass is 16.5. The Morgan fingerprint density at radius 2 is 2.33 bits per heavy atom. The van der Waals surface area contributed by atoms with Gasteiger partial charge >= 0.3 is 0 Å². The minimum Gasteiger partial charge on any atom is -0.506 e. The Bertz CT molecular complexity index is 287. The van der Waals surface area contributed by atoms with E-state index in [2.05, 4.69) is 4.98 Å². The van der Waals surface area contributed by atoms with Gasteiger partial charge in [0, 0.05) is 6.54 Å². The molecule has 1 rings (SSSR count). The Hall–Kier alpha value is -1.29. The fraction of sp³-hybridized carbons (Fsp3) is 0.375. The highest BCUT2D eigenvalue weighted by molar-refractivity contribution is 5.44. The molecule has 0 fully saturated rings. The van der Waals surface area contributed by atoms with E-state index in [1.54, 1.807) is 13.1 Å². The van der Waals surface area contributed by atoms with Gasteiger partial charge in [0.15, 0.2) is 0 Å². The van der Waals surface area contributed by atoms with Gasteiger partial charge < -0.3 is 15.6 Å². The molecule has 4 heteroatoms. The smallest absolute Gasteiger partial charge is 0.145 e. The molecule has 0 radical (unpaired) electrons. The maximum Gasteiger partial charge on any atom is 0.145 e. The van der Waals surface area contributed by atoms with Crippen LogP contribution in [0.2, 0.25) is 0 Å². The van der Waals surface area contributed by atoms with Gasteiger partial charge in [0.2, 0.25) is 0 Å². The second kappa shape index (κ2) is 3.40. The van der Waals surface area contributed by atoms with Crippen molar-refractivity contribution in [1.29, 1.82) is 0 Å². The van der Waals surface area contributed by atoms with Crippen LogP contribution >= 0.6 is 0 Å². The molecule has 4 nitrogen and oxygen atoms in total. The van der Waals surface area contributed by atoms with Gasteiger partial charge in [-0.1, -0.05) is 0 Å². The molecular weight excluding hydrogens is 156 g/mol. The molecule has 0 atom stereocenters. The molecule has 0 saturated carbocycles. The zero-order valence-corrected chi connectivity index (χ0v) is 7.16. The SMILES string of the molecule is COc1cnc(C)c(O)c1CN. The number of methoxy groups -OCH3 is 1. The predicted molar refractivity (Wildman–Crippen MR) is 45.1 cm³/mol. The summed E-state index contributed by atoms with van der Waals surface area (Å²) < 4.78 is 4.97. The van der Waals surface area contributed by atoms with E-state index in [1.807, 2.05) is 0 Å². The maximum atomic E-state index is 9.49. The van der Waals surface area contributed by atoms with E-state index in [9.17, 15) is 5.11 Å². The van der Waals surface area contributed by atoms with Crippen molar-refractivity contribution >= 4 is 0 Å². The van der Waals surface area contributed by atoms with Crippen molar-refractivity contribution in [1.82, 2.24) is 4.98 Å². The molecule has 0 unspecified atom stereocenters. The number of nitrogens with zero attached hydrogens (tertiary/aromatic N) is 1. The number of aromatic hydroxyl groups is 1. The first-order valence-electron chi connectivity index (χ1n) is 3.62. The van der Waals surface area contributed by atoms with Crippen LogP contribution in [0.4, 0.5) is 0 Å². The normalized spacial score (nSPS) is 9.92. The number of aromatic nitrogens is 1. The van der Waals surface area contributed by atoms with Crippen LogP contribution in [-0.4, -0.2) is 17.2 Å². The van der Waals surface area contributed by atoms with Crippen LogP contribution in [0.15, 0.2) is 6.20 Å². The Labute approximate surface area is 71.0 Å². The minimum absolute atomic E-state index is 0.122. The van der Waals surface area contributed by atoms with E-state index >= 15 is 0 Å². The first-order chi connectivity index (χ1) is 5.70. The van der Waals surface area contributed by atoms with Crippen molar-refractivity contribution in [2.45, 2.75) is 13.5 Å². The molecule has 1 aromatic rings. The molecule has 1 aromatic heterocycles. The lowest BCUT2D eigenvalue weighted by atomic mass is 10.2.